The lowest BCUT2D eigenvalue weighted by Gasteiger charge is -2.09. The summed E-state index contributed by atoms with van der Waals surface area (Å²) in [6.07, 6.45) is 1.41. The van der Waals surface area contributed by atoms with E-state index in [0.717, 1.165) is 20.5 Å². The van der Waals surface area contributed by atoms with E-state index in [1.165, 1.54) is 22.2 Å². The van der Waals surface area contributed by atoms with Crippen molar-refractivity contribution < 1.29 is 4.79 Å². The van der Waals surface area contributed by atoms with Crippen LogP contribution in [0, 0.1) is 6.92 Å². The van der Waals surface area contributed by atoms with Gasteiger partial charge in [0.15, 0.2) is 0 Å². The third-order valence-corrected chi connectivity index (χ3v) is 6.32. The molecule has 2 aromatic carbocycles. The fourth-order valence-corrected chi connectivity index (χ4v) is 4.57. The maximum Gasteiger partial charge on any atom is 0.263 e. The number of para-hydroxylation sites is 1. The van der Waals surface area contributed by atoms with Crippen LogP contribution in [0.4, 0.5) is 5.69 Å². The summed E-state index contributed by atoms with van der Waals surface area (Å²) in [5.41, 5.74) is 2.06. The average molecular weight is 489 g/mol. The molecule has 0 aliphatic rings. The van der Waals surface area contributed by atoms with Crippen LogP contribution in [-0.2, 0) is 11.3 Å². The lowest BCUT2D eigenvalue weighted by atomic mass is 10.0. The van der Waals surface area contributed by atoms with Crippen LogP contribution >= 0.6 is 38.9 Å². The Bertz CT molecular complexity index is 1280. The molecule has 0 aliphatic carbocycles. The molecule has 4 aromatic rings. The van der Waals surface area contributed by atoms with Crippen LogP contribution in [0.1, 0.15) is 4.88 Å². The van der Waals surface area contributed by atoms with Gasteiger partial charge in [-0.15, -0.1) is 11.3 Å². The average Bonchev–Trinajstić information content (AvgIpc) is 3.03. The Hall–Kier alpha value is -2.48. The summed E-state index contributed by atoms with van der Waals surface area (Å²) >= 11 is 11.0. The van der Waals surface area contributed by atoms with Gasteiger partial charge < -0.3 is 5.32 Å². The number of amides is 1. The fraction of sp³-hybridized carbons (Fsp3) is 0.0952. The van der Waals surface area contributed by atoms with Gasteiger partial charge >= 0.3 is 0 Å². The minimum Gasteiger partial charge on any atom is -0.323 e. The first-order valence-electron chi connectivity index (χ1n) is 8.73. The zero-order chi connectivity index (χ0) is 20.5. The number of anilines is 1. The molecule has 1 N–H and O–H groups in total. The molecule has 4 rings (SSSR count). The van der Waals surface area contributed by atoms with Crippen LogP contribution in [0.3, 0.4) is 0 Å². The largest absolute Gasteiger partial charge is 0.323 e. The van der Waals surface area contributed by atoms with Crippen molar-refractivity contribution in [3.05, 3.63) is 79.6 Å². The first-order chi connectivity index (χ1) is 13.9. The van der Waals surface area contributed by atoms with Gasteiger partial charge in [-0.3, -0.25) is 14.2 Å². The van der Waals surface area contributed by atoms with Crippen molar-refractivity contribution in [2.24, 2.45) is 0 Å². The highest BCUT2D eigenvalue weighted by atomic mass is 79.9. The van der Waals surface area contributed by atoms with Crippen molar-refractivity contribution in [3.63, 3.8) is 0 Å². The van der Waals surface area contributed by atoms with E-state index in [9.17, 15) is 9.59 Å². The van der Waals surface area contributed by atoms with Gasteiger partial charge in [-0.2, -0.15) is 0 Å². The van der Waals surface area contributed by atoms with E-state index in [1.54, 1.807) is 24.3 Å². The molecule has 1 amide bonds. The molecule has 0 fully saturated rings. The molecule has 2 heterocycles. The van der Waals surface area contributed by atoms with Crippen molar-refractivity contribution in [3.8, 4) is 11.1 Å². The van der Waals surface area contributed by atoms with Crippen LogP contribution in [0.5, 0.6) is 0 Å². The van der Waals surface area contributed by atoms with Crippen LogP contribution in [0.2, 0.25) is 5.02 Å². The molecule has 29 heavy (non-hydrogen) atoms. The smallest absolute Gasteiger partial charge is 0.263 e. The Morgan fingerprint density at radius 2 is 1.93 bits per heavy atom. The van der Waals surface area contributed by atoms with E-state index in [1.807, 2.05) is 31.2 Å². The van der Waals surface area contributed by atoms with Gasteiger partial charge in [-0.05, 0) is 36.8 Å². The van der Waals surface area contributed by atoms with Crippen molar-refractivity contribution in [2.45, 2.75) is 13.5 Å². The predicted molar refractivity (Wildman–Crippen MR) is 122 cm³/mol. The summed E-state index contributed by atoms with van der Waals surface area (Å²) in [7, 11) is 0. The summed E-state index contributed by atoms with van der Waals surface area (Å²) in [4.78, 5) is 31.7. The molecule has 0 saturated carbocycles. The van der Waals surface area contributed by atoms with E-state index in [-0.39, 0.29) is 18.0 Å². The Morgan fingerprint density at radius 3 is 2.66 bits per heavy atom. The summed E-state index contributed by atoms with van der Waals surface area (Å²) < 4.78 is 2.29. The van der Waals surface area contributed by atoms with Gasteiger partial charge in [-0.25, -0.2) is 4.98 Å². The van der Waals surface area contributed by atoms with E-state index in [2.05, 4.69) is 26.2 Å². The van der Waals surface area contributed by atoms with Crippen molar-refractivity contribution in [1.29, 1.82) is 0 Å². The van der Waals surface area contributed by atoms with Crippen molar-refractivity contribution in [1.82, 2.24) is 9.55 Å². The molecule has 0 saturated heterocycles. The number of hydrogen-bond acceptors (Lipinski definition) is 4. The minimum absolute atomic E-state index is 0.151. The standard InChI is InChI=1S/C21H15BrClN3O2S/c1-12-18(13-6-8-14(22)9-7-13)19-20(29-12)24-11-26(21(19)28)10-17(27)25-16-5-3-2-4-15(16)23/h2-9,11H,10H2,1H3,(H,25,27). The summed E-state index contributed by atoms with van der Waals surface area (Å²) in [5, 5.41) is 3.70. The highest BCUT2D eigenvalue weighted by Crippen LogP contribution is 2.35. The number of nitrogens with zero attached hydrogens (tertiary/aromatic N) is 2. The summed E-state index contributed by atoms with van der Waals surface area (Å²) in [5.74, 6) is -0.349. The molecule has 0 radical (unpaired) electrons. The lowest BCUT2D eigenvalue weighted by molar-refractivity contribution is -0.116. The van der Waals surface area contributed by atoms with Gasteiger partial charge in [-0.1, -0.05) is 51.8 Å². The summed E-state index contributed by atoms with van der Waals surface area (Å²) in [6.45, 7) is 1.82. The van der Waals surface area contributed by atoms with Crippen LogP contribution < -0.4 is 10.9 Å². The van der Waals surface area contributed by atoms with E-state index >= 15 is 0 Å². The molecular formula is C21H15BrClN3O2S. The molecule has 0 unspecified atom stereocenters. The predicted octanol–water partition coefficient (Wildman–Crippen LogP) is 5.49. The number of carbonyl (C=O) groups excluding carboxylic acids is 1. The molecule has 8 heteroatoms. The van der Waals surface area contributed by atoms with E-state index in [0.29, 0.717) is 20.9 Å². The highest BCUT2D eigenvalue weighted by molar-refractivity contribution is 9.10. The monoisotopic (exact) mass is 487 g/mol. The van der Waals surface area contributed by atoms with Crippen LogP contribution in [-0.4, -0.2) is 15.5 Å². The van der Waals surface area contributed by atoms with Gasteiger partial charge in [0.1, 0.15) is 11.4 Å². The van der Waals surface area contributed by atoms with Crippen molar-refractivity contribution >= 4 is 60.7 Å². The second-order valence-corrected chi connectivity index (χ2v) is 8.95. The number of rotatable bonds is 4. The third-order valence-electron chi connectivity index (χ3n) is 4.45. The maximum absolute atomic E-state index is 13.2. The van der Waals surface area contributed by atoms with Crippen molar-refractivity contribution in [2.75, 3.05) is 5.32 Å². The first-order valence-corrected chi connectivity index (χ1v) is 10.7. The Balaban J connectivity index is 1.71. The number of thiophene rings is 1. The summed E-state index contributed by atoms with van der Waals surface area (Å²) in [6, 6.07) is 14.7. The molecule has 0 bridgehead atoms. The molecule has 0 aliphatic heterocycles. The zero-order valence-electron chi connectivity index (χ0n) is 15.3. The second-order valence-electron chi connectivity index (χ2n) is 6.43. The van der Waals surface area contributed by atoms with Crippen LogP contribution in [0.25, 0.3) is 21.3 Å². The van der Waals surface area contributed by atoms with Gasteiger partial charge in [0.25, 0.3) is 5.56 Å². The third kappa shape index (κ3) is 3.99. The second kappa shape index (κ2) is 8.10. The van der Waals surface area contributed by atoms with Gasteiger partial charge in [0.2, 0.25) is 5.91 Å². The number of benzene rings is 2. The Morgan fingerprint density at radius 1 is 1.21 bits per heavy atom. The van der Waals surface area contributed by atoms with Crippen LogP contribution in [0.15, 0.2) is 64.1 Å². The number of hydrogen-bond donors (Lipinski definition) is 1. The normalized spacial score (nSPS) is 11.0. The molecule has 0 atom stereocenters. The number of halogens is 2. The minimum atomic E-state index is -0.349. The number of aryl methyl sites for hydroxylation is 1. The molecule has 0 spiro atoms. The fourth-order valence-electron chi connectivity index (χ4n) is 3.12. The topological polar surface area (TPSA) is 64.0 Å². The highest BCUT2D eigenvalue weighted by Gasteiger charge is 2.18. The molecule has 5 nitrogen and oxygen atoms in total. The SMILES string of the molecule is Cc1sc2ncn(CC(=O)Nc3ccccc3Cl)c(=O)c2c1-c1ccc(Br)cc1. The lowest BCUT2D eigenvalue weighted by Crippen LogP contribution is -2.27. The molecular weight excluding hydrogens is 474 g/mol. The van der Waals surface area contributed by atoms with Gasteiger partial charge in [0.05, 0.1) is 22.4 Å². The van der Waals surface area contributed by atoms with Gasteiger partial charge in [0, 0.05) is 14.9 Å². The molecule has 2 aromatic heterocycles. The zero-order valence-corrected chi connectivity index (χ0v) is 18.4. The van der Waals surface area contributed by atoms with E-state index < -0.39 is 0 Å². The Kier molecular flexibility index (Phi) is 5.54. The van der Waals surface area contributed by atoms with E-state index in [4.69, 9.17) is 11.6 Å². The first kappa shape index (κ1) is 19.8. The quantitative estimate of drug-likeness (QED) is 0.413. The number of nitrogens with one attached hydrogen (secondary N) is 1. The maximum atomic E-state index is 13.2. The Labute approximate surface area is 184 Å². The number of carbonyl (C=O) groups is 1. The molecule has 146 valence electrons. The number of fused-ring (bicyclic) bond motifs is 1. The number of aromatic nitrogens is 2.